The van der Waals surface area contributed by atoms with Crippen molar-refractivity contribution >= 4 is 0 Å². The first-order valence-corrected chi connectivity index (χ1v) is 7.87. The molecule has 2 rings (SSSR count). The first-order valence-electron chi connectivity index (χ1n) is 7.87. The van der Waals surface area contributed by atoms with Crippen LogP contribution in [0.15, 0.2) is 0 Å². The van der Waals surface area contributed by atoms with Gasteiger partial charge in [0.2, 0.25) is 0 Å². The zero-order valence-electron chi connectivity index (χ0n) is 13.0. The van der Waals surface area contributed by atoms with Gasteiger partial charge in [-0.3, -0.25) is 4.90 Å². The molecule has 0 spiro atoms. The van der Waals surface area contributed by atoms with Crippen LogP contribution in [0.5, 0.6) is 0 Å². The summed E-state index contributed by atoms with van der Waals surface area (Å²) in [5.41, 5.74) is 0.238. The Kier molecular flexibility index (Phi) is 4.38. The SMILES string of the molecule is CC(C)C(CNC(C)(C)C)N(CC1CC1)C1CC1. The summed E-state index contributed by atoms with van der Waals surface area (Å²) in [6, 6.07) is 1.62. The normalized spacial score (nSPS) is 22.8. The highest BCUT2D eigenvalue weighted by atomic mass is 15.2. The van der Waals surface area contributed by atoms with Crippen LogP contribution in [0.25, 0.3) is 0 Å². The van der Waals surface area contributed by atoms with E-state index in [1.807, 2.05) is 0 Å². The maximum atomic E-state index is 3.72. The molecule has 0 aliphatic heterocycles. The van der Waals surface area contributed by atoms with Crippen molar-refractivity contribution in [2.75, 3.05) is 13.1 Å². The van der Waals surface area contributed by atoms with Gasteiger partial charge in [-0.2, -0.15) is 0 Å². The molecule has 2 saturated carbocycles. The van der Waals surface area contributed by atoms with Crippen LogP contribution in [0.4, 0.5) is 0 Å². The van der Waals surface area contributed by atoms with E-state index in [1.165, 1.54) is 32.2 Å². The van der Waals surface area contributed by atoms with Crippen molar-refractivity contribution in [1.82, 2.24) is 10.2 Å². The molecule has 2 aliphatic rings. The van der Waals surface area contributed by atoms with Gasteiger partial charge in [0, 0.05) is 30.7 Å². The van der Waals surface area contributed by atoms with Crippen molar-refractivity contribution in [1.29, 1.82) is 0 Å². The highest BCUT2D eigenvalue weighted by Gasteiger charge is 2.38. The molecule has 0 aromatic rings. The van der Waals surface area contributed by atoms with Crippen LogP contribution in [0.3, 0.4) is 0 Å². The Labute approximate surface area is 114 Å². The first kappa shape index (κ1) is 14.3. The quantitative estimate of drug-likeness (QED) is 0.748. The summed E-state index contributed by atoms with van der Waals surface area (Å²) in [6.45, 7) is 14.1. The van der Waals surface area contributed by atoms with Crippen molar-refractivity contribution in [2.45, 2.75) is 77.9 Å². The Morgan fingerprint density at radius 1 is 1.11 bits per heavy atom. The van der Waals surface area contributed by atoms with Gasteiger partial charge in [-0.25, -0.2) is 0 Å². The van der Waals surface area contributed by atoms with E-state index >= 15 is 0 Å². The van der Waals surface area contributed by atoms with Crippen LogP contribution in [0, 0.1) is 11.8 Å². The fourth-order valence-corrected chi connectivity index (χ4v) is 2.71. The fraction of sp³-hybridized carbons (Fsp3) is 1.00. The van der Waals surface area contributed by atoms with E-state index in [2.05, 4.69) is 44.8 Å². The molecule has 1 N–H and O–H groups in total. The van der Waals surface area contributed by atoms with E-state index in [4.69, 9.17) is 0 Å². The largest absolute Gasteiger partial charge is 0.311 e. The van der Waals surface area contributed by atoms with Crippen LogP contribution in [0.1, 0.15) is 60.3 Å². The average Bonchev–Trinajstić information content (AvgIpc) is 3.09. The molecule has 0 aromatic carbocycles. The monoisotopic (exact) mass is 252 g/mol. The van der Waals surface area contributed by atoms with Gasteiger partial charge in [0.25, 0.3) is 0 Å². The number of nitrogens with zero attached hydrogens (tertiary/aromatic N) is 1. The highest BCUT2D eigenvalue weighted by molar-refractivity contribution is 4.94. The molecule has 0 bridgehead atoms. The third kappa shape index (κ3) is 4.55. The van der Waals surface area contributed by atoms with Gasteiger partial charge in [0.1, 0.15) is 0 Å². The third-order valence-electron chi connectivity index (χ3n) is 4.22. The summed E-state index contributed by atoms with van der Waals surface area (Å²) in [5.74, 6) is 1.76. The van der Waals surface area contributed by atoms with Crippen LogP contribution >= 0.6 is 0 Å². The summed E-state index contributed by atoms with van der Waals surface area (Å²) in [7, 11) is 0. The summed E-state index contributed by atoms with van der Waals surface area (Å²) < 4.78 is 0. The molecule has 2 aliphatic carbocycles. The van der Waals surface area contributed by atoms with Crippen molar-refractivity contribution in [3.63, 3.8) is 0 Å². The predicted molar refractivity (Wildman–Crippen MR) is 78.8 cm³/mol. The van der Waals surface area contributed by atoms with Gasteiger partial charge in [0.15, 0.2) is 0 Å². The summed E-state index contributed by atoms with van der Waals surface area (Å²) in [6.07, 6.45) is 5.82. The lowest BCUT2D eigenvalue weighted by Crippen LogP contribution is -2.51. The molecule has 0 radical (unpaired) electrons. The first-order chi connectivity index (χ1) is 8.37. The van der Waals surface area contributed by atoms with Crippen LogP contribution in [-0.2, 0) is 0 Å². The molecular weight excluding hydrogens is 220 g/mol. The lowest BCUT2D eigenvalue weighted by atomic mass is 9.99. The van der Waals surface area contributed by atoms with Crippen molar-refractivity contribution in [3.8, 4) is 0 Å². The Bertz CT molecular complexity index is 259. The molecule has 0 saturated heterocycles. The van der Waals surface area contributed by atoms with Crippen LogP contribution < -0.4 is 5.32 Å². The number of hydrogen-bond donors (Lipinski definition) is 1. The molecule has 1 atom stereocenters. The van der Waals surface area contributed by atoms with Crippen molar-refractivity contribution in [2.24, 2.45) is 11.8 Å². The van der Waals surface area contributed by atoms with E-state index in [0.29, 0.717) is 0 Å². The van der Waals surface area contributed by atoms with Gasteiger partial charge in [-0.15, -0.1) is 0 Å². The molecule has 0 heterocycles. The van der Waals surface area contributed by atoms with Crippen LogP contribution in [-0.4, -0.2) is 35.6 Å². The van der Waals surface area contributed by atoms with Gasteiger partial charge in [-0.1, -0.05) is 13.8 Å². The Morgan fingerprint density at radius 3 is 2.11 bits per heavy atom. The molecule has 1 unspecified atom stereocenters. The number of hydrogen-bond acceptors (Lipinski definition) is 2. The van der Waals surface area contributed by atoms with Crippen molar-refractivity contribution in [3.05, 3.63) is 0 Å². The number of nitrogens with one attached hydrogen (secondary N) is 1. The summed E-state index contributed by atoms with van der Waals surface area (Å²) >= 11 is 0. The maximum absolute atomic E-state index is 3.72. The second-order valence-electron chi connectivity index (χ2n) is 7.81. The van der Waals surface area contributed by atoms with E-state index in [1.54, 1.807) is 0 Å². The zero-order valence-corrected chi connectivity index (χ0v) is 13.0. The highest BCUT2D eigenvalue weighted by Crippen LogP contribution is 2.37. The minimum atomic E-state index is 0.238. The smallest absolute Gasteiger partial charge is 0.0246 e. The zero-order chi connectivity index (χ0) is 13.3. The molecular formula is C16H32N2. The van der Waals surface area contributed by atoms with E-state index < -0.39 is 0 Å². The third-order valence-corrected chi connectivity index (χ3v) is 4.22. The van der Waals surface area contributed by atoms with Gasteiger partial charge in [-0.05, 0) is 58.3 Å². The lowest BCUT2D eigenvalue weighted by Gasteiger charge is -2.37. The molecule has 0 aromatic heterocycles. The molecule has 18 heavy (non-hydrogen) atoms. The van der Waals surface area contributed by atoms with Crippen LogP contribution in [0.2, 0.25) is 0 Å². The second kappa shape index (κ2) is 5.50. The predicted octanol–water partition coefficient (Wildman–Crippen LogP) is 3.27. The molecule has 2 heteroatoms. The van der Waals surface area contributed by atoms with Crippen molar-refractivity contribution < 1.29 is 0 Å². The fourth-order valence-electron chi connectivity index (χ4n) is 2.71. The van der Waals surface area contributed by atoms with E-state index in [-0.39, 0.29) is 5.54 Å². The lowest BCUT2D eigenvalue weighted by molar-refractivity contribution is 0.129. The van der Waals surface area contributed by atoms with Gasteiger partial charge in [0.05, 0.1) is 0 Å². The minimum Gasteiger partial charge on any atom is -0.311 e. The molecule has 0 amide bonds. The van der Waals surface area contributed by atoms with Gasteiger partial charge < -0.3 is 5.32 Å². The van der Waals surface area contributed by atoms with Gasteiger partial charge >= 0.3 is 0 Å². The topological polar surface area (TPSA) is 15.3 Å². The molecule has 106 valence electrons. The summed E-state index contributed by atoms with van der Waals surface area (Å²) in [5, 5.41) is 3.72. The second-order valence-corrected chi connectivity index (χ2v) is 7.81. The van der Waals surface area contributed by atoms with E-state index in [0.717, 1.165) is 30.5 Å². The number of rotatable bonds is 7. The minimum absolute atomic E-state index is 0.238. The Morgan fingerprint density at radius 2 is 1.72 bits per heavy atom. The van der Waals surface area contributed by atoms with E-state index in [9.17, 15) is 0 Å². The Balaban J connectivity index is 1.92. The average molecular weight is 252 g/mol. The summed E-state index contributed by atoms with van der Waals surface area (Å²) in [4.78, 5) is 2.83. The molecule has 2 fully saturated rings. The Hall–Kier alpha value is -0.0800. The standard InChI is InChI=1S/C16H32N2/c1-12(2)15(10-17-16(3,4)5)18(14-8-9-14)11-13-6-7-13/h12-15,17H,6-11H2,1-5H3. The maximum Gasteiger partial charge on any atom is 0.0246 e. The molecule has 2 nitrogen and oxygen atoms in total.